The molecule has 1 atom stereocenters. The zero-order valence-corrected chi connectivity index (χ0v) is 11.2. The molecule has 2 fully saturated rings. The summed E-state index contributed by atoms with van der Waals surface area (Å²) in [6.07, 6.45) is 5.63. The number of amides is 1. The lowest BCUT2D eigenvalue weighted by molar-refractivity contribution is -0.119. The van der Waals surface area contributed by atoms with E-state index in [1.165, 1.54) is 24.8 Å². The summed E-state index contributed by atoms with van der Waals surface area (Å²) in [5.74, 6) is 0.107. The maximum atomic E-state index is 11.2. The molecule has 2 saturated heterocycles. The first-order valence-corrected chi connectivity index (χ1v) is 7.20. The fraction of sp³-hybridized carbons (Fsp3) is 0.533. The van der Waals surface area contributed by atoms with Crippen LogP contribution in [-0.4, -0.2) is 25.0 Å². The number of rotatable bonds is 3. The van der Waals surface area contributed by atoms with Crippen LogP contribution in [0.15, 0.2) is 24.3 Å². The second kappa shape index (κ2) is 5.61. The van der Waals surface area contributed by atoms with E-state index in [1.54, 1.807) is 0 Å². The van der Waals surface area contributed by atoms with Gasteiger partial charge in [-0.25, -0.2) is 0 Å². The Morgan fingerprint density at radius 1 is 1.21 bits per heavy atom. The molecular formula is C15H21N3O. The summed E-state index contributed by atoms with van der Waals surface area (Å²) >= 11 is 0. The molecule has 1 amide bonds. The van der Waals surface area contributed by atoms with Gasteiger partial charge in [-0.05, 0) is 43.5 Å². The predicted molar refractivity (Wildman–Crippen MR) is 75.9 cm³/mol. The molecule has 4 nitrogen and oxygen atoms in total. The SMILES string of the molecule is O=C1CCN(c2ccc(CC3CCCCN3)cc2)N1. The van der Waals surface area contributed by atoms with Crippen LogP contribution in [0.2, 0.25) is 0 Å². The third-order valence-corrected chi connectivity index (χ3v) is 3.96. The number of nitrogens with one attached hydrogen (secondary N) is 2. The van der Waals surface area contributed by atoms with Crippen LogP contribution in [-0.2, 0) is 11.2 Å². The highest BCUT2D eigenvalue weighted by atomic mass is 16.2. The van der Waals surface area contributed by atoms with Crippen LogP contribution in [0.3, 0.4) is 0 Å². The van der Waals surface area contributed by atoms with Gasteiger partial charge in [-0.1, -0.05) is 18.6 Å². The monoisotopic (exact) mass is 259 g/mol. The number of nitrogens with zero attached hydrogens (tertiary/aromatic N) is 1. The number of piperidine rings is 1. The number of hydrazine groups is 1. The predicted octanol–water partition coefficient (Wildman–Crippen LogP) is 1.61. The molecule has 0 bridgehead atoms. The van der Waals surface area contributed by atoms with Crippen molar-refractivity contribution < 1.29 is 4.79 Å². The average molecular weight is 259 g/mol. The highest BCUT2D eigenvalue weighted by molar-refractivity contribution is 5.81. The molecule has 1 aromatic rings. The van der Waals surface area contributed by atoms with E-state index in [2.05, 4.69) is 35.0 Å². The van der Waals surface area contributed by atoms with Crippen molar-refractivity contribution in [2.75, 3.05) is 18.1 Å². The first kappa shape index (κ1) is 12.5. The number of benzene rings is 1. The molecule has 2 aliphatic heterocycles. The molecule has 1 unspecified atom stereocenters. The van der Waals surface area contributed by atoms with E-state index in [1.807, 2.05) is 5.01 Å². The van der Waals surface area contributed by atoms with Crippen molar-refractivity contribution in [3.8, 4) is 0 Å². The molecule has 0 saturated carbocycles. The molecule has 2 heterocycles. The molecule has 2 N–H and O–H groups in total. The van der Waals surface area contributed by atoms with Crippen LogP contribution in [0.25, 0.3) is 0 Å². The first-order chi connectivity index (χ1) is 9.31. The van der Waals surface area contributed by atoms with E-state index < -0.39 is 0 Å². The lowest BCUT2D eigenvalue weighted by Gasteiger charge is -2.24. The van der Waals surface area contributed by atoms with Crippen molar-refractivity contribution >= 4 is 11.6 Å². The Balaban J connectivity index is 1.60. The zero-order chi connectivity index (χ0) is 13.1. The molecule has 0 radical (unpaired) electrons. The first-order valence-electron chi connectivity index (χ1n) is 7.20. The van der Waals surface area contributed by atoms with Crippen LogP contribution in [0.4, 0.5) is 5.69 Å². The zero-order valence-electron chi connectivity index (χ0n) is 11.2. The van der Waals surface area contributed by atoms with Crippen molar-refractivity contribution in [2.24, 2.45) is 0 Å². The van der Waals surface area contributed by atoms with Crippen LogP contribution in [0, 0.1) is 0 Å². The van der Waals surface area contributed by atoms with Gasteiger partial charge in [-0.15, -0.1) is 0 Å². The van der Waals surface area contributed by atoms with Gasteiger partial charge in [0.2, 0.25) is 5.91 Å². The summed E-state index contributed by atoms with van der Waals surface area (Å²) in [5.41, 5.74) is 5.30. The quantitative estimate of drug-likeness (QED) is 0.867. The molecule has 0 spiro atoms. The lowest BCUT2D eigenvalue weighted by Crippen LogP contribution is -2.35. The molecule has 19 heavy (non-hydrogen) atoms. The van der Waals surface area contributed by atoms with Gasteiger partial charge >= 0.3 is 0 Å². The Kier molecular flexibility index (Phi) is 3.69. The van der Waals surface area contributed by atoms with Crippen LogP contribution >= 0.6 is 0 Å². The number of anilines is 1. The Hall–Kier alpha value is -1.55. The smallest absolute Gasteiger partial charge is 0.240 e. The fourth-order valence-electron chi connectivity index (χ4n) is 2.86. The van der Waals surface area contributed by atoms with Gasteiger partial charge in [0.15, 0.2) is 0 Å². The fourth-order valence-corrected chi connectivity index (χ4v) is 2.86. The van der Waals surface area contributed by atoms with Crippen molar-refractivity contribution in [1.29, 1.82) is 0 Å². The standard InChI is InChI=1S/C15H21N3O/c19-15-8-10-18(17-15)14-6-4-12(5-7-14)11-13-3-1-2-9-16-13/h4-7,13,16H,1-3,8-11H2,(H,17,19). The molecule has 1 aromatic carbocycles. The summed E-state index contributed by atoms with van der Waals surface area (Å²) in [5, 5.41) is 5.50. The molecule has 2 aliphatic rings. The van der Waals surface area contributed by atoms with Crippen LogP contribution in [0.1, 0.15) is 31.2 Å². The largest absolute Gasteiger partial charge is 0.314 e. The highest BCUT2D eigenvalue weighted by Crippen LogP contribution is 2.19. The number of carbonyl (C=O) groups excluding carboxylic acids is 1. The van der Waals surface area contributed by atoms with E-state index in [4.69, 9.17) is 0 Å². The van der Waals surface area contributed by atoms with Crippen molar-refractivity contribution in [3.05, 3.63) is 29.8 Å². The third-order valence-electron chi connectivity index (χ3n) is 3.96. The number of hydrogen-bond acceptors (Lipinski definition) is 3. The minimum atomic E-state index is 0.107. The van der Waals surface area contributed by atoms with Gasteiger partial charge in [-0.2, -0.15) is 0 Å². The summed E-state index contributed by atoms with van der Waals surface area (Å²) < 4.78 is 0. The molecule has 102 valence electrons. The summed E-state index contributed by atoms with van der Waals surface area (Å²) in [6.45, 7) is 1.92. The Bertz CT molecular complexity index is 437. The summed E-state index contributed by atoms with van der Waals surface area (Å²) in [4.78, 5) is 11.2. The van der Waals surface area contributed by atoms with E-state index in [0.29, 0.717) is 12.5 Å². The second-order valence-electron chi connectivity index (χ2n) is 5.45. The molecule has 3 rings (SSSR count). The maximum absolute atomic E-state index is 11.2. The number of carbonyl (C=O) groups is 1. The second-order valence-corrected chi connectivity index (χ2v) is 5.45. The van der Waals surface area contributed by atoms with Crippen molar-refractivity contribution in [3.63, 3.8) is 0 Å². The third kappa shape index (κ3) is 3.07. The maximum Gasteiger partial charge on any atom is 0.240 e. The Morgan fingerprint density at radius 2 is 2.05 bits per heavy atom. The summed E-state index contributed by atoms with van der Waals surface area (Å²) in [6, 6.07) is 9.19. The van der Waals surface area contributed by atoms with E-state index in [0.717, 1.165) is 25.2 Å². The average Bonchev–Trinajstić information content (AvgIpc) is 2.87. The number of hydrogen-bond donors (Lipinski definition) is 2. The molecular weight excluding hydrogens is 238 g/mol. The van der Waals surface area contributed by atoms with E-state index in [9.17, 15) is 4.79 Å². The van der Waals surface area contributed by atoms with Gasteiger partial charge in [-0.3, -0.25) is 15.2 Å². The van der Waals surface area contributed by atoms with Gasteiger partial charge in [0, 0.05) is 19.0 Å². The highest BCUT2D eigenvalue weighted by Gasteiger charge is 2.18. The normalized spacial score (nSPS) is 23.5. The Morgan fingerprint density at radius 3 is 2.68 bits per heavy atom. The van der Waals surface area contributed by atoms with Crippen molar-refractivity contribution in [1.82, 2.24) is 10.7 Å². The minimum absolute atomic E-state index is 0.107. The van der Waals surface area contributed by atoms with E-state index in [-0.39, 0.29) is 5.91 Å². The van der Waals surface area contributed by atoms with Gasteiger partial charge in [0.05, 0.1) is 5.69 Å². The van der Waals surface area contributed by atoms with Gasteiger partial charge in [0.25, 0.3) is 0 Å². The molecule has 0 aliphatic carbocycles. The van der Waals surface area contributed by atoms with Crippen molar-refractivity contribution in [2.45, 2.75) is 38.1 Å². The van der Waals surface area contributed by atoms with Crippen LogP contribution < -0.4 is 15.8 Å². The lowest BCUT2D eigenvalue weighted by atomic mass is 9.98. The van der Waals surface area contributed by atoms with Gasteiger partial charge in [0.1, 0.15) is 0 Å². The topological polar surface area (TPSA) is 44.4 Å². The molecule has 4 heteroatoms. The summed E-state index contributed by atoms with van der Waals surface area (Å²) in [7, 11) is 0. The van der Waals surface area contributed by atoms with Gasteiger partial charge < -0.3 is 5.32 Å². The van der Waals surface area contributed by atoms with E-state index >= 15 is 0 Å². The molecule has 0 aromatic heterocycles. The Labute approximate surface area is 114 Å². The van der Waals surface area contributed by atoms with Crippen LogP contribution in [0.5, 0.6) is 0 Å². The minimum Gasteiger partial charge on any atom is -0.314 e.